The van der Waals surface area contributed by atoms with E-state index in [2.05, 4.69) is 10.2 Å². The van der Waals surface area contributed by atoms with Crippen LogP contribution in [0.4, 0.5) is 8.78 Å². The number of carbonyl (C=O) groups is 1. The van der Waals surface area contributed by atoms with E-state index in [0.717, 1.165) is 19.3 Å². The molecule has 0 spiro atoms. The minimum Gasteiger partial charge on any atom is -0.342 e. The molecule has 5 rings (SSSR count). The zero-order valence-corrected chi connectivity index (χ0v) is 17.7. The smallest absolute Gasteiger partial charge is 0.342 e. The molecule has 2 fully saturated rings. The normalized spacial score (nSPS) is 17.8. The van der Waals surface area contributed by atoms with Gasteiger partial charge >= 0.3 is 5.69 Å². The molecule has 168 valence electrons. The summed E-state index contributed by atoms with van der Waals surface area (Å²) in [4.78, 5) is 26.6. The van der Waals surface area contributed by atoms with E-state index in [9.17, 15) is 19.2 Å². The lowest BCUT2D eigenvalue weighted by molar-refractivity contribution is -0.131. The van der Waals surface area contributed by atoms with E-state index in [1.165, 1.54) is 28.8 Å². The highest BCUT2D eigenvalue weighted by Crippen LogP contribution is 2.33. The summed E-state index contributed by atoms with van der Waals surface area (Å²) < 4.78 is 30.3. The van der Waals surface area contributed by atoms with E-state index < -0.39 is 17.3 Å². The lowest BCUT2D eigenvalue weighted by Gasteiger charge is -2.16. The summed E-state index contributed by atoms with van der Waals surface area (Å²) in [5, 5.41) is 15.7. The molecule has 1 aliphatic heterocycles. The number of benzene rings is 2. The number of nitrogens with zero attached hydrogens (tertiary/aromatic N) is 4. The zero-order valence-electron chi connectivity index (χ0n) is 17.7. The number of nitrogens with one attached hydrogen (secondary N) is 1. The number of amides is 1. The van der Waals surface area contributed by atoms with Crippen molar-refractivity contribution in [2.75, 3.05) is 13.1 Å². The largest absolute Gasteiger partial charge is 0.348 e. The second-order valence-electron chi connectivity index (χ2n) is 8.64. The predicted molar refractivity (Wildman–Crippen MR) is 115 cm³/mol. The first kappa shape index (κ1) is 21.1. The molecule has 0 bridgehead atoms. The van der Waals surface area contributed by atoms with Crippen LogP contribution in [0.3, 0.4) is 0 Å². The Kier molecular flexibility index (Phi) is 5.29. The van der Waals surface area contributed by atoms with Gasteiger partial charge in [-0.3, -0.25) is 4.79 Å². The summed E-state index contributed by atoms with van der Waals surface area (Å²) >= 11 is 0. The van der Waals surface area contributed by atoms with Crippen molar-refractivity contribution in [2.45, 2.75) is 25.7 Å². The van der Waals surface area contributed by atoms with Crippen molar-refractivity contribution in [1.29, 1.82) is 5.26 Å². The lowest BCUT2D eigenvalue weighted by atomic mass is 9.99. The summed E-state index contributed by atoms with van der Waals surface area (Å²) in [6.45, 7) is 1.29. The Hall–Kier alpha value is -3.80. The van der Waals surface area contributed by atoms with Crippen LogP contribution in [-0.2, 0) is 11.2 Å². The highest BCUT2D eigenvalue weighted by atomic mass is 19.1. The van der Waals surface area contributed by atoms with E-state index in [-0.39, 0.29) is 34.6 Å². The Balaban J connectivity index is 1.41. The van der Waals surface area contributed by atoms with Gasteiger partial charge in [0.1, 0.15) is 23.5 Å². The number of aromatic nitrogens is 3. The number of hydrogen-bond donors (Lipinski definition) is 1. The molecule has 3 aromatic rings. The van der Waals surface area contributed by atoms with Gasteiger partial charge in [-0.1, -0.05) is 18.2 Å². The first-order valence-electron chi connectivity index (χ1n) is 10.9. The van der Waals surface area contributed by atoms with Gasteiger partial charge in [0.25, 0.3) is 0 Å². The number of rotatable bonds is 5. The van der Waals surface area contributed by atoms with Crippen LogP contribution >= 0.6 is 0 Å². The number of likely N-dealkylation sites (tertiary alicyclic amines) is 1. The fraction of sp³-hybridized carbons (Fsp3) is 0.333. The SMILES string of the molecule is N#Cc1c(F)cccc1-c1ccc(-n2c(C[C@@H]3CCN(C(=O)C4CC4)C3)n[nH]c2=O)c(F)c1. The van der Waals surface area contributed by atoms with Crippen LogP contribution in [0.25, 0.3) is 16.8 Å². The van der Waals surface area contributed by atoms with E-state index >= 15 is 4.39 Å². The quantitative estimate of drug-likeness (QED) is 0.647. The molecular formula is C24H21F2N5O2. The Morgan fingerprint density at radius 1 is 1.18 bits per heavy atom. The van der Waals surface area contributed by atoms with Crippen molar-refractivity contribution in [1.82, 2.24) is 19.7 Å². The first-order chi connectivity index (χ1) is 16.0. The van der Waals surface area contributed by atoms with Gasteiger partial charge in [-0.2, -0.15) is 10.4 Å². The molecule has 33 heavy (non-hydrogen) atoms. The second-order valence-corrected chi connectivity index (χ2v) is 8.64. The van der Waals surface area contributed by atoms with Crippen molar-refractivity contribution >= 4 is 5.91 Å². The molecule has 9 heteroatoms. The second kappa shape index (κ2) is 8.28. The molecule has 1 amide bonds. The van der Waals surface area contributed by atoms with Crippen LogP contribution in [-0.4, -0.2) is 38.7 Å². The molecule has 1 atom stereocenters. The average Bonchev–Trinajstić information content (AvgIpc) is 3.46. The van der Waals surface area contributed by atoms with Crippen LogP contribution in [0.5, 0.6) is 0 Å². The summed E-state index contributed by atoms with van der Waals surface area (Å²) in [6.07, 6.45) is 3.15. The van der Waals surface area contributed by atoms with E-state index in [1.54, 1.807) is 12.1 Å². The Morgan fingerprint density at radius 2 is 2.00 bits per heavy atom. The van der Waals surface area contributed by atoms with Gasteiger partial charge in [-0.25, -0.2) is 23.2 Å². The maximum Gasteiger partial charge on any atom is 0.348 e. The van der Waals surface area contributed by atoms with Crippen LogP contribution in [0.2, 0.25) is 0 Å². The van der Waals surface area contributed by atoms with Gasteiger partial charge < -0.3 is 4.90 Å². The molecule has 0 unspecified atom stereocenters. The molecule has 1 saturated carbocycles. The van der Waals surface area contributed by atoms with Crippen molar-refractivity contribution < 1.29 is 13.6 Å². The molecule has 1 saturated heterocycles. The molecule has 2 aliphatic rings. The zero-order chi connectivity index (χ0) is 23.1. The fourth-order valence-electron chi connectivity index (χ4n) is 4.50. The predicted octanol–water partition coefficient (Wildman–Crippen LogP) is 3.18. The number of hydrogen-bond acceptors (Lipinski definition) is 4. The summed E-state index contributed by atoms with van der Waals surface area (Å²) in [5.74, 6) is -0.483. The van der Waals surface area contributed by atoms with Crippen molar-refractivity contribution in [3.8, 4) is 22.9 Å². The van der Waals surface area contributed by atoms with Crippen LogP contribution in [0, 0.1) is 34.8 Å². The molecule has 7 nitrogen and oxygen atoms in total. The van der Waals surface area contributed by atoms with Gasteiger partial charge in [-0.05, 0) is 48.9 Å². The number of carbonyl (C=O) groups excluding carboxylic acids is 1. The van der Waals surface area contributed by atoms with Crippen LogP contribution in [0.15, 0.2) is 41.2 Å². The molecule has 1 aromatic heterocycles. The molecule has 1 N–H and O–H groups in total. The highest BCUT2D eigenvalue weighted by molar-refractivity contribution is 5.81. The Bertz CT molecular complexity index is 1340. The maximum absolute atomic E-state index is 15.1. The topological polar surface area (TPSA) is 94.8 Å². The van der Waals surface area contributed by atoms with E-state index in [0.29, 0.717) is 30.9 Å². The Labute approximate surface area is 188 Å². The monoisotopic (exact) mass is 449 g/mol. The minimum atomic E-state index is -0.692. The van der Waals surface area contributed by atoms with Gasteiger partial charge in [-0.15, -0.1) is 0 Å². The van der Waals surface area contributed by atoms with Crippen LogP contribution in [0.1, 0.15) is 30.7 Å². The highest BCUT2D eigenvalue weighted by Gasteiger charge is 2.37. The van der Waals surface area contributed by atoms with Crippen LogP contribution < -0.4 is 5.69 Å². The van der Waals surface area contributed by atoms with E-state index in [1.807, 2.05) is 11.0 Å². The van der Waals surface area contributed by atoms with Crippen molar-refractivity contribution in [3.63, 3.8) is 0 Å². The standard InChI is InChI=1S/C24H21F2N5O2/c25-19-3-1-2-17(18(19)12-27)16-6-7-21(20(26)11-16)31-22(28-29-24(31)33)10-14-8-9-30(13-14)23(32)15-4-5-15/h1-3,6-7,11,14-15H,4-5,8-10,13H2,(H,29,33)/t14-/m0/s1. The molecule has 1 aliphatic carbocycles. The average molecular weight is 449 g/mol. The third-order valence-electron chi connectivity index (χ3n) is 6.36. The third kappa shape index (κ3) is 3.93. The summed E-state index contributed by atoms with van der Waals surface area (Å²) in [5.41, 5.74) is -0.114. The van der Waals surface area contributed by atoms with Gasteiger partial charge in [0.2, 0.25) is 5.91 Å². The van der Waals surface area contributed by atoms with Gasteiger partial charge in [0.05, 0.1) is 11.3 Å². The Morgan fingerprint density at radius 3 is 2.73 bits per heavy atom. The number of nitriles is 1. The van der Waals surface area contributed by atoms with Gasteiger partial charge in [0, 0.05) is 31.0 Å². The number of aromatic amines is 1. The molecule has 2 aromatic carbocycles. The summed E-state index contributed by atoms with van der Waals surface area (Å²) in [7, 11) is 0. The number of halogens is 2. The van der Waals surface area contributed by atoms with Gasteiger partial charge in [0.15, 0.2) is 0 Å². The van der Waals surface area contributed by atoms with Crippen molar-refractivity contribution in [3.05, 3.63) is 69.9 Å². The first-order valence-corrected chi connectivity index (χ1v) is 10.9. The summed E-state index contributed by atoms with van der Waals surface area (Å²) in [6, 6.07) is 10.1. The molecule has 2 heterocycles. The van der Waals surface area contributed by atoms with Crippen molar-refractivity contribution in [2.24, 2.45) is 11.8 Å². The minimum absolute atomic E-state index is 0.0197. The molecular weight excluding hydrogens is 428 g/mol. The van der Waals surface area contributed by atoms with E-state index in [4.69, 9.17) is 0 Å². The fourth-order valence-corrected chi connectivity index (χ4v) is 4.50. The molecule has 0 radical (unpaired) electrons. The third-order valence-corrected chi connectivity index (χ3v) is 6.36. The lowest BCUT2D eigenvalue weighted by Crippen LogP contribution is -2.30. The maximum atomic E-state index is 15.1. The number of H-pyrrole nitrogens is 1.